The maximum Gasteiger partial charge on any atom is 0.159 e. The van der Waals surface area contributed by atoms with Crippen molar-refractivity contribution in [1.29, 1.82) is 0 Å². The van der Waals surface area contributed by atoms with Gasteiger partial charge in [-0.2, -0.15) is 0 Å². The minimum Gasteiger partial charge on any atom is -0.496 e. The molecular formula is C38H35ClFNO3S. The Morgan fingerprint density at radius 3 is 2.29 bits per heavy atom. The SMILES string of the molecule is COc1cc(F)ccc1C1C(c2ccc(Cl)cc2)Cc2c(ccc3c2C(S(=O)(=O)C(C)C)Cc2ccccc2-3)C1n1cccc1. The zero-order valence-corrected chi connectivity index (χ0v) is 27.0. The summed E-state index contributed by atoms with van der Waals surface area (Å²) in [4.78, 5) is 0. The van der Waals surface area contributed by atoms with Crippen LogP contribution in [0, 0.1) is 5.82 Å². The molecule has 0 bridgehead atoms. The number of ether oxygens (including phenoxy) is 1. The molecule has 0 spiro atoms. The third kappa shape index (κ3) is 4.99. The molecule has 1 heterocycles. The van der Waals surface area contributed by atoms with Crippen LogP contribution >= 0.6 is 11.6 Å². The Bertz CT molecular complexity index is 1990. The Morgan fingerprint density at radius 1 is 0.867 bits per heavy atom. The molecule has 1 aromatic heterocycles. The Hall–Kier alpha value is -3.87. The van der Waals surface area contributed by atoms with Gasteiger partial charge in [-0.15, -0.1) is 0 Å². The zero-order chi connectivity index (χ0) is 31.5. The number of hydrogen-bond donors (Lipinski definition) is 0. The first-order chi connectivity index (χ1) is 21.7. The third-order valence-corrected chi connectivity index (χ3v) is 12.6. The minimum absolute atomic E-state index is 0.0902. The highest BCUT2D eigenvalue weighted by molar-refractivity contribution is 7.92. The molecule has 230 valence electrons. The predicted molar refractivity (Wildman–Crippen MR) is 179 cm³/mol. The quantitative estimate of drug-likeness (QED) is 0.186. The van der Waals surface area contributed by atoms with Gasteiger partial charge in [0.1, 0.15) is 11.6 Å². The average molecular weight is 640 g/mol. The molecule has 0 N–H and O–H groups in total. The largest absolute Gasteiger partial charge is 0.496 e. The summed E-state index contributed by atoms with van der Waals surface area (Å²) in [5.41, 5.74) is 8.19. The molecule has 0 radical (unpaired) electrons. The highest BCUT2D eigenvalue weighted by atomic mass is 35.5. The van der Waals surface area contributed by atoms with Gasteiger partial charge in [0, 0.05) is 35.0 Å². The summed E-state index contributed by atoms with van der Waals surface area (Å²) in [5, 5.41) is -0.543. The number of hydrogen-bond acceptors (Lipinski definition) is 3. The van der Waals surface area contributed by atoms with Crippen molar-refractivity contribution < 1.29 is 17.5 Å². The highest BCUT2D eigenvalue weighted by Gasteiger charge is 2.45. The average Bonchev–Trinajstić information content (AvgIpc) is 3.58. The summed E-state index contributed by atoms with van der Waals surface area (Å²) in [6.45, 7) is 3.56. The van der Waals surface area contributed by atoms with Crippen LogP contribution < -0.4 is 4.74 Å². The fourth-order valence-electron chi connectivity index (χ4n) is 7.68. The number of benzene rings is 4. The van der Waals surface area contributed by atoms with Gasteiger partial charge in [-0.25, -0.2) is 12.8 Å². The van der Waals surface area contributed by atoms with Gasteiger partial charge in [0.25, 0.3) is 0 Å². The van der Waals surface area contributed by atoms with E-state index < -0.39 is 20.3 Å². The second kappa shape index (κ2) is 11.5. The summed E-state index contributed by atoms with van der Waals surface area (Å²) in [6.07, 6.45) is 5.15. The molecule has 2 aliphatic rings. The van der Waals surface area contributed by atoms with E-state index in [9.17, 15) is 12.8 Å². The fourth-order valence-corrected chi connectivity index (χ4v) is 9.48. The van der Waals surface area contributed by atoms with Gasteiger partial charge in [-0.05, 0) is 102 Å². The van der Waals surface area contributed by atoms with Gasteiger partial charge < -0.3 is 9.30 Å². The predicted octanol–water partition coefficient (Wildman–Crippen LogP) is 9.09. The molecule has 5 aromatic rings. The Kier molecular flexibility index (Phi) is 7.61. The summed E-state index contributed by atoms with van der Waals surface area (Å²) < 4.78 is 50.9. The van der Waals surface area contributed by atoms with E-state index in [1.807, 2.05) is 42.5 Å². The van der Waals surface area contributed by atoms with Crippen LogP contribution in [0.3, 0.4) is 0 Å². The Morgan fingerprint density at radius 2 is 1.58 bits per heavy atom. The van der Waals surface area contributed by atoms with Crippen molar-refractivity contribution in [2.45, 2.75) is 55.1 Å². The van der Waals surface area contributed by atoms with E-state index in [0.29, 0.717) is 23.6 Å². The van der Waals surface area contributed by atoms with Crippen LogP contribution in [0.5, 0.6) is 5.75 Å². The van der Waals surface area contributed by atoms with E-state index in [0.717, 1.165) is 44.5 Å². The number of aromatic nitrogens is 1. The molecule has 4 unspecified atom stereocenters. The Balaban J connectivity index is 1.56. The molecule has 7 heteroatoms. The van der Waals surface area contributed by atoms with Gasteiger partial charge in [-0.1, -0.05) is 66.2 Å². The number of methoxy groups -OCH3 is 1. The van der Waals surface area contributed by atoms with E-state index in [1.54, 1.807) is 21.0 Å². The topological polar surface area (TPSA) is 48.3 Å². The van der Waals surface area contributed by atoms with Crippen molar-refractivity contribution in [3.05, 3.63) is 148 Å². The normalized spacial score (nSPS) is 20.8. The van der Waals surface area contributed by atoms with Gasteiger partial charge in [-0.3, -0.25) is 0 Å². The maximum absolute atomic E-state index is 14.5. The van der Waals surface area contributed by atoms with Crippen LogP contribution in [0.2, 0.25) is 5.02 Å². The molecule has 2 aliphatic carbocycles. The lowest BCUT2D eigenvalue weighted by molar-refractivity contribution is 0.351. The van der Waals surface area contributed by atoms with Crippen molar-refractivity contribution in [3.8, 4) is 16.9 Å². The molecule has 4 aromatic carbocycles. The molecule has 4 atom stereocenters. The maximum atomic E-state index is 14.5. The highest BCUT2D eigenvalue weighted by Crippen LogP contribution is 2.56. The lowest BCUT2D eigenvalue weighted by Gasteiger charge is -2.44. The molecule has 7 rings (SSSR count). The summed E-state index contributed by atoms with van der Waals surface area (Å²) >= 11 is 6.37. The van der Waals surface area contributed by atoms with Crippen LogP contribution in [-0.2, 0) is 22.7 Å². The standard InChI is InChI=1S/C38H35ClFNO3S/c1-23(2)45(42,43)35-20-25-8-4-5-9-28(25)29-16-17-30-33(36(29)35)22-32(24-10-12-26(39)13-11-24)37(38(30)41-18-6-7-19-41)31-15-14-27(40)21-34(31)44-3/h4-19,21,23,32,35,37-38H,20,22H2,1-3H3. The molecule has 0 saturated heterocycles. The number of halogens is 2. The number of fused-ring (bicyclic) bond motifs is 5. The number of rotatable bonds is 6. The fraction of sp³-hybridized carbons (Fsp3) is 0.263. The van der Waals surface area contributed by atoms with Gasteiger partial charge in [0.2, 0.25) is 0 Å². The van der Waals surface area contributed by atoms with E-state index in [2.05, 4.69) is 53.4 Å². The van der Waals surface area contributed by atoms with E-state index in [-0.39, 0.29) is 23.7 Å². The molecule has 0 amide bonds. The van der Waals surface area contributed by atoms with E-state index >= 15 is 0 Å². The van der Waals surface area contributed by atoms with E-state index in [1.165, 1.54) is 12.1 Å². The van der Waals surface area contributed by atoms with E-state index in [4.69, 9.17) is 16.3 Å². The third-order valence-electron chi connectivity index (χ3n) is 9.80. The number of nitrogens with zero attached hydrogens (tertiary/aromatic N) is 1. The monoisotopic (exact) mass is 639 g/mol. The van der Waals surface area contributed by atoms with Crippen LogP contribution in [-0.4, -0.2) is 25.3 Å². The number of sulfone groups is 1. The van der Waals surface area contributed by atoms with Gasteiger partial charge in [0.05, 0.1) is 23.7 Å². The smallest absolute Gasteiger partial charge is 0.159 e. The molecule has 4 nitrogen and oxygen atoms in total. The lowest BCUT2D eigenvalue weighted by atomic mass is 9.64. The van der Waals surface area contributed by atoms with Gasteiger partial charge in [0.15, 0.2) is 9.84 Å². The second-order valence-corrected chi connectivity index (χ2v) is 15.6. The van der Waals surface area contributed by atoms with Crippen molar-refractivity contribution in [2.75, 3.05) is 7.11 Å². The second-order valence-electron chi connectivity index (χ2n) is 12.4. The summed E-state index contributed by atoms with van der Waals surface area (Å²) in [5.74, 6) is -0.114. The molecular weight excluding hydrogens is 605 g/mol. The first-order valence-electron chi connectivity index (χ1n) is 15.4. The Labute approximate surface area is 269 Å². The van der Waals surface area contributed by atoms with Crippen LogP contribution in [0.4, 0.5) is 4.39 Å². The lowest BCUT2D eigenvalue weighted by Crippen LogP contribution is -2.34. The van der Waals surface area contributed by atoms with Gasteiger partial charge >= 0.3 is 0 Å². The van der Waals surface area contributed by atoms with Crippen molar-refractivity contribution in [2.24, 2.45) is 0 Å². The zero-order valence-electron chi connectivity index (χ0n) is 25.5. The molecule has 0 fully saturated rings. The summed E-state index contributed by atoms with van der Waals surface area (Å²) in [7, 11) is -1.94. The van der Waals surface area contributed by atoms with Crippen LogP contribution in [0.1, 0.15) is 70.4 Å². The summed E-state index contributed by atoms with van der Waals surface area (Å²) in [6, 6.07) is 29.0. The first kappa shape index (κ1) is 29.8. The molecule has 0 aliphatic heterocycles. The van der Waals surface area contributed by atoms with Crippen molar-refractivity contribution in [1.82, 2.24) is 4.57 Å². The minimum atomic E-state index is -3.52. The molecule has 45 heavy (non-hydrogen) atoms. The van der Waals surface area contributed by atoms with Crippen LogP contribution in [0.25, 0.3) is 11.1 Å². The van der Waals surface area contributed by atoms with Crippen molar-refractivity contribution >= 4 is 21.4 Å². The van der Waals surface area contributed by atoms with Crippen molar-refractivity contribution in [3.63, 3.8) is 0 Å². The molecule has 0 saturated carbocycles. The first-order valence-corrected chi connectivity index (χ1v) is 17.4. The van der Waals surface area contributed by atoms with Crippen LogP contribution in [0.15, 0.2) is 103 Å².